The van der Waals surface area contributed by atoms with E-state index in [1.165, 1.54) is 16.7 Å². The van der Waals surface area contributed by atoms with Crippen LogP contribution in [-0.4, -0.2) is 24.4 Å². The van der Waals surface area contributed by atoms with Gasteiger partial charge < -0.3 is 0 Å². The monoisotopic (exact) mass is 251 g/mol. The molecule has 0 saturated heterocycles. The molecule has 1 aromatic carbocycles. The van der Waals surface area contributed by atoms with Gasteiger partial charge in [0, 0.05) is 12.4 Å². The van der Waals surface area contributed by atoms with Crippen LogP contribution in [-0.2, 0) is 11.8 Å². The summed E-state index contributed by atoms with van der Waals surface area (Å²) in [7, 11) is 2.11. The summed E-state index contributed by atoms with van der Waals surface area (Å²) in [6.07, 6.45) is 1.10. The first-order chi connectivity index (χ1) is 7.84. The topological polar surface area (TPSA) is 3.24 Å². The normalized spacial score (nSPS) is 12.2. The first kappa shape index (κ1) is 14.6. The van der Waals surface area contributed by atoms with Gasteiger partial charge in [-0.1, -0.05) is 39.0 Å². The van der Waals surface area contributed by atoms with Crippen LogP contribution >= 0.6 is 12.6 Å². The Balaban J connectivity index is 2.84. The molecule has 0 unspecified atom stereocenters. The van der Waals surface area contributed by atoms with Crippen molar-refractivity contribution in [3.8, 4) is 0 Å². The second kappa shape index (κ2) is 5.92. The van der Waals surface area contributed by atoms with E-state index in [1.807, 2.05) is 0 Å². The van der Waals surface area contributed by atoms with Gasteiger partial charge in [-0.2, -0.15) is 12.6 Å². The van der Waals surface area contributed by atoms with Gasteiger partial charge in [0.25, 0.3) is 0 Å². The van der Waals surface area contributed by atoms with Gasteiger partial charge >= 0.3 is 0 Å². The van der Waals surface area contributed by atoms with E-state index in [0.717, 1.165) is 18.8 Å². The lowest BCUT2D eigenvalue weighted by Crippen LogP contribution is -2.20. The van der Waals surface area contributed by atoms with Crippen LogP contribution in [0, 0.1) is 6.92 Å². The summed E-state index contributed by atoms with van der Waals surface area (Å²) in [6.45, 7) is 10.1. The third-order valence-electron chi connectivity index (χ3n) is 3.22. The average Bonchev–Trinajstić information content (AvgIpc) is 2.26. The van der Waals surface area contributed by atoms with Crippen LogP contribution in [0.25, 0.3) is 0 Å². The molecule has 0 aliphatic rings. The number of hydrogen-bond acceptors (Lipinski definition) is 2. The number of nitrogens with zero attached hydrogens (tertiary/aromatic N) is 1. The molecule has 2 heteroatoms. The van der Waals surface area contributed by atoms with Crippen molar-refractivity contribution in [2.75, 3.05) is 19.5 Å². The van der Waals surface area contributed by atoms with E-state index in [-0.39, 0.29) is 5.41 Å². The zero-order valence-electron chi connectivity index (χ0n) is 11.7. The zero-order chi connectivity index (χ0) is 13.1. The maximum atomic E-state index is 4.28. The van der Waals surface area contributed by atoms with Gasteiger partial charge in [0.15, 0.2) is 0 Å². The number of rotatable bonds is 4. The molecule has 0 fully saturated rings. The Labute approximate surface area is 112 Å². The second-order valence-electron chi connectivity index (χ2n) is 5.86. The molecule has 1 aromatic rings. The Hall–Kier alpha value is -0.470. The molecular weight excluding hydrogens is 226 g/mol. The van der Waals surface area contributed by atoms with E-state index in [1.54, 1.807) is 0 Å². The maximum Gasteiger partial charge on any atom is 0.0411 e. The van der Waals surface area contributed by atoms with Crippen LogP contribution in [0.1, 0.15) is 37.5 Å². The Bertz CT molecular complexity index is 366. The van der Waals surface area contributed by atoms with E-state index in [9.17, 15) is 0 Å². The Kier molecular flexibility index (Phi) is 5.08. The maximum absolute atomic E-state index is 4.28. The molecule has 1 nitrogen and oxygen atoms in total. The summed E-state index contributed by atoms with van der Waals surface area (Å²) in [4.78, 5) is 2.23. The minimum atomic E-state index is 0.234. The Morgan fingerprint density at radius 2 is 1.88 bits per heavy atom. The SMILES string of the molecule is Cc1ccc(C(C)(C)C)cc1CCN(C)CS. The third kappa shape index (κ3) is 4.36. The summed E-state index contributed by atoms with van der Waals surface area (Å²) in [6, 6.07) is 6.86. The van der Waals surface area contributed by atoms with E-state index >= 15 is 0 Å². The van der Waals surface area contributed by atoms with Crippen LogP contribution in [0.5, 0.6) is 0 Å². The summed E-state index contributed by atoms with van der Waals surface area (Å²) >= 11 is 4.28. The van der Waals surface area contributed by atoms with Crippen LogP contribution < -0.4 is 0 Å². The van der Waals surface area contributed by atoms with Crippen molar-refractivity contribution in [1.29, 1.82) is 0 Å². The smallest absolute Gasteiger partial charge is 0.0411 e. The fourth-order valence-corrected chi connectivity index (χ4v) is 1.93. The lowest BCUT2D eigenvalue weighted by molar-refractivity contribution is 0.398. The molecule has 17 heavy (non-hydrogen) atoms. The highest BCUT2D eigenvalue weighted by Crippen LogP contribution is 2.24. The summed E-state index contributed by atoms with van der Waals surface area (Å²) < 4.78 is 0. The van der Waals surface area contributed by atoms with Crippen molar-refractivity contribution < 1.29 is 0 Å². The lowest BCUT2D eigenvalue weighted by atomic mass is 9.85. The Morgan fingerprint density at radius 3 is 2.41 bits per heavy atom. The second-order valence-corrected chi connectivity index (χ2v) is 6.15. The molecule has 0 aromatic heterocycles. The van der Waals surface area contributed by atoms with Gasteiger partial charge in [-0.15, -0.1) is 0 Å². The van der Waals surface area contributed by atoms with Gasteiger partial charge in [0.05, 0.1) is 0 Å². The molecule has 96 valence electrons. The van der Waals surface area contributed by atoms with Crippen molar-refractivity contribution in [3.05, 3.63) is 34.9 Å². The van der Waals surface area contributed by atoms with Crippen LogP contribution in [0.15, 0.2) is 18.2 Å². The molecule has 0 bridgehead atoms. The standard InChI is InChI=1S/C15H25NS/c1-12-6-7-14(15(2,3)4)10-13(12)8-9-16(5)11-17/h6-7,10,17H,8-9,11H2,1-5H3. The minimum absolute atomic E-state index is 0.234. The molecule has 0 amide bonds. The van der Waals surface area contributed by atoms with Crippen molar-refractivity contribution in [2.45, 2.75) is 39.5 Å². The molecule has 0 aliphatic carbocycles. The average molecular weight is 251 g/mol. The highest BCUT2D eigenvalue weighted by molar-refractivity contribution is 7.80. The quantitative estimate of drug-likeness (QED) is 0.631. The predicted octanol–water partition coefficient (Wildman–Crippen LogP) is 3.65. The fraction of sp³-hybridized carbons (Fsp3) is 0.600. The molecule has 0 aliphatic heterocycles. The molecular formula is C15H25NS. The summed E-state index contributed by atoms with van der Waals surface area (Å²) in [5.74, 6) is 0.817. The van der Waals surface area contributed by atoms with Crippen molar-refractivity contribution >= 4 is 12.6 Å². The largest absolute Gasteiger partial charge is 0.297 e. The molecule has 0 heterocycles. The highest BCUT2D eigenvalue weighted by Gasteiger charge is 2.14. The van der Waals surface area contributed by atoms with Crippen LogP contribution in [0.4, 0.5) is 0 Å². The zero-order valence-corrected chi connectivity index (χ0v) is 12.6. The number of aryl methyl sites for hydroxylation is 1. The first-order valence-electron chi connectivity index (χ1n) is 6.24. The van der Waals surface area contributed by atoms with Gasteiger partial charge in [-0.25, -0.2) is 0 Å². The molecule has 0 spiro atoms. The number of benzene rings is 1. The Morgan fingerprint density at radius 1 is 1.24 bits per heavy atom. The molecule has 1 rings (SSSR count). The van der Waals surface area contributed by atoms with Crippen LogP contribution in [0.2, 0.25) is 0 Å². The van der Waals surface area contributed by atoms with Crippen LogP contribution in [0.3, 0.4) is 0 Å². The van der Waals surface area contributed by atoms with Gasteiger partial charge in [0.1, 0.15) is 0 Å². The minimum Gasteiger partial charge on any atom is -0.297 e. The highest BCUT2D eigenvalue weighted by atomic mass is 32.1. The summed E-state index contributed by atoms with van der Waals surface area (Å²) in [5, 5.41) is 0. The van der Waals surface area contributed by atoms with Gasteiger partial charge in [0.2, 0.25) is 0 Å². The van der Waals surface area contributed by atoms with E-state index in [0.29, 0.717) is 0 Å². The molecule has 0 atom stereocenters. The molecule has 0 saturated carbocycles. The molecule has 0 N–H and O–H groups in total. The first-order valence-corrected chi connectivity index (χ1v) is 6.87. The van der Waals surface area contributed by atoms with E-state index in [2.05, 4.69) is 70.5 Å². The van der Waals surface area contributed by atoms with Crippen molar-refractivity contribution in [3.63, 3.8) is 0 Å². The lowest BCUT2D eigenvalue weighted by Gasteiger charge is -2.21. The molecule has 0 radical (unpaired) electrons. The fourth-order valence-electron chi connectivity index (χ4n) is 1.79. The number of hydrogen-bond donors (Lipinski definition) is 1. The van der Waals surface area contributed by atoms with E-state index in [4.69, 9.17) is 0 Å². The summed E-state index contributed by atoms with van der Waals surface area (Å²) in [5.41, 5.74) is 4.51. The third-order valence-corrected chi connectivity index (χ3v) is 3.70. The van der Waals surface area contributed by atoms with Gasteiger partial charge in [-0.3, -0.25) is 4.90 Å². The number of thiol groups is 1. The van der Waals surface area contributed by atoms with Crippen molar-refractivity contribution in [2.24, 2.45) is 0 Å². The predicted molar refractivity (Wildman–Crippen MR) is 80.1 cm³/mol. The van der Waals surface area contributed by atoms with Gasteiger partial charge in [-0.05, 0) is 42.5 Å². The van der Waals surface area contributed by atoms with Crippen molar-refractivity contribution in [1.82, 2.24) is 4.90 Å². The van der Waals surface area contributed by atoms with E-state index < -0.39 is 0 Å². The number of likely N-dealkylation sites (N-methyl/N-ethyl adjacent to an activating group) is 1.